The molecule has 3 aliphatic rings. The Balaban J connectivity index is 1.36. The van der Waals surface area contributed by atoms with Crippen LogP contribution in [-0.2, 0) is 0 Å². The fourth-order valence-corrected chi connectivity index (χ4v) is 4.18. The molecule has 3 rings (SSSR count). The van der Waals surface area contributed by atoms with Gasteiger partial charge >= 0.3 is 0 Å². The van der Waals surface area contributed by atoms with E-state index in [-0.39, 0.29) is 0 Å². The second-order valence-electron chi connectivity index (χ2n) is 6.97. The highest BCUT2D eigenvalue weighted by Gasteiger charge is 2.34. The first-order valence-electron chi connectivity index (χ1n) is 8.53. The molecule has 3 aliphatic heterocycles. The quantitative estimate of drug-likeness (QED) is 0.838. The predicted molar refractivity (Wildman–Crippen MR) is 80.5 cm³/mol. The maximum Gasteiger partial charge on any atom is 0.0249 e. The van der Waals surface area contributed by atoms with Crippen molar-refractivity contribution in [1.29, 1.82) is 0 Å². The van der Waals surface area contributed by atoms with Crippen molar-refractivity contribution < 1.29 is 0 Å². The molecular formula is C16H31N3. The van der Waals surface area contributed by atoms with Gasteiger partial charge in [-0.3, -0.25) is 4.90 Å². The first-order valence-corrected chi connectivity index (χ1v) is 8.53. The summed E-state index contributed by atoms with van der Waals surface area (Å²) >= 11 is 0. The van der Waals surface area contributed by atoms with Crippen LogP contribution in [0.15, 0.2) is 0 Å². The molecule has 2 unspecified atom stereocenters. The van der Waals surface area contributed by atoms with E-state index in [1.807, 2.05) is 0 Å². The maximum absolute atomic E-state index is 3.86. The minimum Gasteiger partial charge on any atom is -0.311 e. The largest absolute Gasteiger partial charge is 0.311 e. The van der Waals surface area contributed by atoms with Gasteiger partial charge in [-0.1, -0.05) is 13.3 Å². The van der Waals surface area contributed by atoms with Crippen LogP contribution in [-0.4, -0.2) is 61.2 Å². The molecule has 0 saturated carbocycles. The van der Waals surface area contributed by atoms with Crippen LogP contribution in [0.3, 0.4) is 0 Å². The van der Waals surface area contributed by atoms with E-state index in [0.29, 0.717) is 0 Å². The van der Waals surface area contributed by atoms with Crippen LogP contribution in [0.25, 0.3) is 0 Å². The number of hydrogen-bond donors (Lipinski definition) is 1. The number of rotatable bonds is 4. The number of hydrogen-bond acceptors (Lipinski definition) is 3. The Morgan fingerprint density at radius 3 is 2.63 bits per heavy atom. The molecule has 2 atom stereocenters. The molecule has 0 aromatic rings. The van der Waals surface area contributed by atoms with Gasteiger partial charge in [0.2, 0.25) is 0 Å². The second-order valence-corrected chi connectivity index (χ2v) is 6.97. The van der Waals surface area contributed by atoms with E-state index in [9.17, 15) is 0 Å². The Labute approximate surface area is 118 Å². The van der Waals surface area contributed by atoms with Crippen molar-refractivity contribution in [1.82, 2.24) is 15.1 Å². The zero-order chi connectivity index (χ0) is 13.1. The zero-order valence-electron chi connectivity index (χ0n) is 12.6. The number of nitrogens with one attached hydrogen (secondary N) is 1. The van der Waals surface area contributed by atoms with Crippen LogP contribution in [0, 0.1) is 5.92 Å². The normalized spacial score (nSPS) is 34.6. The smallest absolute Gasteiger partial charge is 0.0249 e. The predicted octanol–water partition coefficient (Wildman–Crippen LogP) is 1.93. The Morgan fingerprint density at radius 1 is 0.947 bits per heavy atom. The third kappa shape index (κ3) is 3.50. The van der Waals surface area contributed by atoms with Crippen molar-refractivity contribution in [3.8, 4) is 0 Å². The van der Waals surface area contributed by atoms with Crippen LogP contribution in [0.2, 0.25) is 0 Å². The summed E-state index contributed by atoms with van der Waals surface area (Å²) < 4.78 is 0. The lowest BCUT2D eigenvalue weighted by molar-refractivity contribution is 0.170. The van der Waals surface area contributed by atoms with Gasteiger partial charge in [-0.15, -0.1) is 0 Å². The van der Waals surface area contributed by atoms with Crippen molar-refractivity contribution in [3.63, 3.8) is 0 Å². The highest BCUT2D eigenvalue weighted by atomic mass is 15.2. The molecule has 3 heteroatoms. The molecule has 1 N–H and O–H groups in total. The van der Waals surface area contributed by atoms with Gasteiger partial charge in [0.15, 0.2) is 0 Å². The van der Waals surface area contributed by atoms with Crippen molar-refractivity contribution in [3.05, 3.63) is 0 Å². The average molecular weight is 265 g/mol. The highest BCUT2D eigenvalue weighted by molar-refractivity contribution is 4.94. The van der Waals surface area contributed by atoms with E-state index in [2.05, 4.69) is 22.0 Å². The van der Waals surface area contributed by atoms with Crippen LogP contribution in [0.4, 0.5) is 0 Å². The molecule has 0 aromatic heterocycles. The molecule has 3 saturated heterocycles. The summed E-state index contributed by atoms with van der Waals surface area (Å²) in [5.74, 6) is 0.954. The summed E-state index contributed by atoms with van der Waals surface area (Å²) in [6.45, 7) is 10.2. The van der Waals surface area contributed by atoms with Crippen molar-refractivity contribution >= 4 is 0 Å². The van der Waals surface area contributed by atoms with Gasteiger partial charge in [-0.25, -0.2) is 0 Å². The van der Waals surface area contributed by atoms with E-state index in [4.69, 9.17) is 0 Å². The lowest BCUT2D eigenvalue weighted by Crippen LogP contribution is -2.47. The summed E-state index contributed by atoms with van der Waals surface area (Å²) in [7, 11) is 0. The molecule has 0 bridgehead atoms. The van der Waals surface area contributed by atoms with Crippen LogP contribution < -0.4 is 5.32 Å². The van der Waals surface area contributed by atoms with E-state index in [1.165, 1.54) is 77.8 Å². The van der Waals surface area contributed by atoms with Gasteiger partial charge in [-0.05, 0) is 57.7 Å². The number of piperidine rings is 2. The lowest BCUT2D eigenvalue weighted by Gasteiger charge is -2.34. The van der Waals surface area contributed by atoms with Crippen LogP contribution in [0.5, 0.6) is 0 Å². The third-order valence-electron chi connectivity index (χ3n) is 5.57. The molecule has 0 amide bonds. The Morgan fingerprint density at radius 2 is 1.79 bits per heavy atom. The Kier molecular flexibility index (Phi) is 4.78. The minimum absolute atomic E-state index is 0.781. The fraction of sp³-hybridized carbons (Fsp3) is 1.00. The molecule has 3 heterocycles. The van der Waals surface area contributed by atoms with E-state index in [0.717, 1.165) is 18.0 Å². The van der Waals surface area contributed by atoms with Gasteiger partial charge in [0.05, 0.1) is 0 Å². The average Bonchev–Trinajstić information content (AvgIpc) is 2.85. The molecule has 3 fully saturated rings. The monoisotopic (exact) mass is 265 g/mol. The molecule has 0 aliphatic carbocycles. The van der Waals surface area contributed by atoms with Crippen molar-refractivity contribution in [2.24, 2.45) is 5.92 Å². The van der Waals surface area contributed by atoms with Gasteiger partial charge < -0.3 is 10.2 Å². The number of fused-ring (bicyclic) bond motifs is 1. The lowest BCUT2D eigenvalue weighted by atomic mass is 9.98. The van der Waals surface area contributed by atoms with Gasteiger partial charge in [0.25, 0.3) is 0 Å². The van der Waals surface area contributed by atoms with E-state index >= 15 is 0 Å². The fourth-order valence-electron chi connectivity index (χ4n) is 4.18. The summed E-state index contributed by atoms with van der Waals surface area (Å²) in [5.41, 5.74) is 0. The van der Waals surface area contributed by atoms with E-state index < -0.39 is 0 Å². The molecule has 0 spiro atoms. The second kappa shape index (κ2) is 6.55. The first-order chi connectivity index (χ1) is 9.33. The molecule has 0 radical (unpaired) electrons. The number of likely N-dealkylation sites (tertiary alicyclic amines) is 1. The topological polar surface area (TPSA) is 18.5 Å². The molecule has 0 aromatic carbocycles. The standard InChI is InChI=1S/C16H31N3/c1-14-5-10-18(11-6-14)13-8-17-15-7-12-19-9-3-2-4-16(15)19/h14-17H,2-13H2,1H3. The molecule has 110 valence electrons. The van der Waals surface area contributed by atoms with Crippen LogP contribution in [0.1, 0.15) is 45.4 Å². The summed E-state index contributed by atoms with van der Waals surface area (Å²) in [6.07, 6.45) is 8.48. The summed E-state index contributed by atoms with van der Waals surface area (Å²) in [6, 6.07) is 1.64. The molecule has 19 heavy (non-hydrogen) atoms. The summed E-state index contributed by atoms with van der Waals surface area (Å²) in [5, 5.41) is 3.86. The maximum atomic E-state index is 3.86. The first kappa shape index (κ1) is 13.8. The van der Waals surface area contributed by atoms with Gasteiger partial charge in [0.1, 0.15) is 0 Å². The molecular weight excluding hydrogens is 234 g/mol. The van der Waals surface area contributed by atoms with Crippen molar-refractivity contribution in [2.75, 3.05) is 39.3 Å². The SMILES string of the molecule is CC1CCN(CCNC2CCN3CCCCC23)CC1. The summed E-state index contributed by atoms with van der Waals surface area (Å²) in [4.78, 5) is 5.38. The third-order valence-corrected chi connectivity index (χ3v) is 5.57. The zero-order valence-corrected chi connectivity index (χ0v) is 12.6. The Bertz CT molecular complexity index is 273. The van der Waals surface area contributed by atoms with Gasteiger partial charge in [-0.2, -0.15) is 0 Å². The number of nitrogens with zero attached hydrogens (tertiary/aromatic N) is 2. The van der Waals surface area contributed by atoms with E-state index in [1.54, 1.807) is 0 Å². The van der Waals surface area contributed by atoms with Crippen molar-refractivity contribution in [2.45, 2.75) is 57.5 Å². The highest BCUT2D eigenvalue weighted by Crippen LogP contribution is 2.27. The van der Waals surface area contributed by atoms with Gasteiger partial charge in [0, 0.05) is 31.7 Å². The Hall–Kier alpha value is -0.120. The van der Waals surface area contributed by atoms with Crippen LogP contribution >= 0.6 is 0 Å². The minimum atomic E-state index is 0.781. The molecule has 3 nitrogen and oxygen atoms in total.